The van der Waals surface area contributed by atoms with E-state index in [4.69, 9.17) is 4.74 Å². The van der Waals surface area contributed by atoms with Gasteiger partial charge in [0, 0.05) is 25.8 Å². The van der Waals surface area contributed by atoms with Crippen molar-refractivity contribution in [3.63, 3.8) is 0 Å². The Morgan fingerprint density at radius 2 is 2.10 bits per heavy atom. The zero-order valence-corrected chi connectivity index (χ0v) is 21.1. The van der Waals surface area contributed by atoms with Gasteiger partial charge in [0.1, 0.15) is 9.88 Å². The maximum absolute atomic E-state index is 12.0. The summed E-state index contributed by atoms with van der Waals surface area (Å²) in [4.78, 5) is 21.3. The number of nitrogens with one attached hydrogen (secondary N) is 2. The summed E-state index contributed by atoms with van der Waals surface area (Å²) >= 11 is 1.36. The average Bonchev–Trinajstić information content (AvgIpc) is 3.19. The van der Waals surface area contributed by atoms with Crippen molar-refractivity contribution >= 4 is 47.2 Å². The lowest BCUT2D eigenvalue weighted by atomic mass is 10.3. The Morgan fingerprint density at radius 3 is 2.69 bits per heavy atom. The Kier molecular flexibility index (Phi) is 10.6. The number of guanidine groups is 1. The predicted molar refractivity (Wildman–Crippen MR) is 127 cm³/mol. The minimum Gasteiger partial charge on any atom is -0.462 e. The molecule has 0 radical (unpaired) electrons. The number of nitrogens with zero attached hydrogens (tertiary/aromatic N) is 4. The molecular weight excluding hydrogens is 503 g/mol. The van der Waals surface area contributed by atoms with E-state index in [1.165, 1.54) is 17.0 Å². The van der Waals surface area contributed by atoms with Gasteiger partial charge in [-0.25, -0.2) is 9.78 Å². The maximum Gasteiger partial charge on any atom is 0.350 e. The van der Waals surface area contributed by atoms with Crippen molar-refractivity contribution in [2.75, 3.05) is 20.2 Å². The van der Waals surface area contributed by atoms with E-state index in [0.717, 1.165) is 30.2 Å². The Labute approximate surface area is 193 Å². The molecule has 1 atom stereocenters. The minimum absolute atomic E-state index is 0. The van der Waals surface area contributed by atoms with E-state index in [9.17, 15) is 4.79 Å². The largest absolute Gasteiger partial charge is 0.462 e. The number of hydrogen-bond acceptors (Lipinski definition) is 6. The van der Waals surface area contributed by atoms with E-state index >= 15 is 0 Å². The number of aromatic nitrogens is 3. The molecule has 0 aromatic carbocycles. The van der Waals surface area contributed by atoms with Gasteiger partial charge in [-0.1, -0.05) is 0 Å². The number of aryl methyl sites for hydroxylation is 4. The van der Waals surface area contributed by atoms with Gasteiger partial charge in [-0.3, -0.25) is 9.67 Å². The number of esters is 1. The topological polar surface area (TPSA) is 93.4 Å². The summed E-state index contributed by atoms with van der Waals surface area (Å²) in [5.74, 6) is 0.383. The van der Waals surface area contributed by atoms with Crippen molar-refractivity contribution in [1.29, 1.82) is 0 Å². The number of hydrogen-bond donors (Lipinski definition) is 2. The number of thiazole rings is 1. The number of halogens is 1. The molecule has 1 unspecified atom stereocenters. The van der Waals surface area contributed by atoms with Crippen LogP contribution in [0.4, 0.5) is 0 Å². The van der Waals surface area contributed by atoms with Crippen LogP contribution in [0.2, 0.25) is 0 Å². The second kappa shape index (κ2) is 12.1. The summed E-state index contributed by atoms with van der Waals surface area (Å²) in [7, 11) is 1.74. The molecule has 2 aromatic rings. The van der Waals surface area contributed by atoms with Crippen LogP contribution >= 0.6 is 35.3 Å². The van der Waals surface area contributed by atoms with Crippen molar-refractivity contribution < 1.29 is 9.53 Å². The van der Waals surface area contributed by atoms with Gasteiger partial charge in [-0.15, -0.1) is 35.3 Å². The molecule has 0 saturated heterocycles. The summed E-state index contributed by atoms with van der Waals surface area (Å²) < 4.78 is 7.10. The zero-order valence-electron chi connectivity index (χ0n) is 17.9. The summed E-state index contributed by atoms with van der Waals surface area (Å²) in [5.41, 5.74) is 2.91. The molecule has 2 rings (SSSR count). The van der Waals surface area contributed by atoms with Crippen molar-refractivity contribution in [2.45, 2.75) is 53.6 Å². The molecule has 2 N–H and O–H groups in total. The van der Waals surface area contributed by atoms with E-state index in [1.807, 2.05) is 25.5 Å². The molecule has 2 heterocycles. The van der Waals surface area contributed by atoms with Crippen molar-refractivity contribution in [3.8, 4) is 0 Å². The highest BCUT2D eigenvalue weighted by Gasteiger charge is 2.20. The molecular formula is C19H31IN6O2S. The van der Waals surface area contributed by atoms with Crippen LogP contribution in [-0.2, 0) is 11.3 Å². The van der Waals surface area contributed by atoms with Gasteiger partial charge < -0.3 is 15.4 Å². The maximum atomic E-state index is 12.0. The predicted octanol–water partition coefficient (Wildman–Crippen LogP) is 3.38. The molecule has 8 nitrogen and oxygen atoms in total. The molecule has 0 bridgehead atoms. The third kappa shape index (κ3) is 7.25. The van der Waals surface area contributed by atoms with Gasteiger partial charge >= 0.3 is 5.97 Å². The summed E-state index contributed by atoms with van der Waals surface area (Å²) in [6, 6.07) is 2.00. The SMILES string of the molecule is CCOC(=O)c1sc(C(C)NC(=NC)NCCCn2nc(C)cc2C)nc1C.I. The van der Waals surface area contributed by atoms with Gasteiger partial charge in [0.15, 0.2) is 5.96 Å². The first kappa shape index (κ1) is 25.3. The van der Waals surface area contributed by atoms with Gasteiger partial charge in [0.25, 0.3) is 0 Å². The quantitative estimate of drug-likeness (QED) is 0.177. The van der Waals surface area contributed by atoms with Crippen molar-refractivity contribution in [3.05, 3.63) is 33.0 Å². The van der Waals surface area contributed by atoms with E-state index < -0.39 is 0 Å². The van der Waals surface area contributed by atoms with Crippen molar-refractivity contribution in [2.24, 2.45) is 4.99 Å². The van der Waals surface area contributed by atoms with Crippen LogP contribution in [0.1, 0.15) is 58.1 Å². The van der Waals surface area contributed by atoms with Crippen LogP contribution in [0.5, 0.6) is 0 Å². The molecule has 2 aromatic heterocycles. The van der Waals surface area contributed by atoms with Crippen LogP contribution in [-0.4, -0.2) is 46.9 Å². The normalized spacial score (nSPS) is 12.3. The highest BCUT2D eigenvalue weighted by Crippen LogP contribution is 2.24. The Hall–Kier alpha value is -1.69. The lowest BCUT2D eigenvalue weighted by molar-refractivity contribution is 0.0531. The van der Waals surface area contributed by atoms with E-state index in [1.54, 1.807) is 14.0 Å². The first-order valence-corrected chi connectivity index (χ1v) is 10.3. The molecule has 10 heteroatoms. The fourth-order valence-corrected chi connectivity index (χ4v) is 3.75. The molecule has 0 aliphatic rings. The fourth-order valence-electron chi connectivity index (χ4n) is 2.79. The summed E-state index contributed by atoms with van der Waals surface area (Å²) in [5, 5.41) is 11.9. The van der Waals surface area contributed by atoms with Gasteiger partial charge in [0.05, 0.1) is 24.0 Å². The lowest BCUT2D eigenvalue weighted by Gasteiger charge is -2.16. The fraction of sp³-hybridized carbons (Fsp3) is 0.579. The number of carbonyl (C=O) groups is 1. The molecule has 162 valence electrons. The van der Waals surface area contributed by atoms with Crippen LogP contribution in [0.3, 0.4) is 0 Å². The van der Waals surface area contributed by atoms with Crippen LogP contribution < -0.4 is 10.6 Å². The third-order valence-electron chi connectivity index (χ3n) is 4.16. The Morgan fingerprint density at radius 1 is 1.38 bits per heavy atom. The Balaban J connectivity index is 0.00000420. The lowest BCUT2D eigenvalue weighted by Crippen LogP contribution is -2.39. The minimum atomic E-state index is -0.317. The number of carbonyl (C=O) groups excluding carboxylic acids is 1. The third-order valence-corrected chi connectivity index (χ3v) is 5.48. The standard InChI is InChI=1S/C19H30N6O2S.HI/c1-7-27-18(26)16-14(4)22-17(28-16)15(5)23-19(20-6)21-9-8-10-25-13(3)11-12(2)24-25;/h11,15H,7-10H2,1-6H3,(H2,20,21,23);1H. The van der Waals surface area contributed by atoms with Gasteiger partial charge in [0.2, 0.25) is 0 Å². The molecule has 29 heavy (non-hydrogen) atoms. The van der Waals surface area contributed by atoms with E-state index in [-0.39, 0.29) is 36.0 Å². The highest BCUT2D eigenvalue weighted by atomic mass is 127. The second-order valence-corrected chi connectivity index (χ2v) is 7.59. The molecule has 0 aliphatic heterocycles. The average molecular weight is 534 g/mol. The Bertz CT molecular complexity index is 833. The van der Waals surface area contributed by atoms with E-state index in [2.05, 4.69) is 38.7 Å². The molecule has 0 saturated carbocycles. The van der Waals surface area contributed by atoms with Crippen LogP contribution in [0.25, 0.3) is 0 Å². The van der Waals surface area contributed by atoms with Gasteiger partial charge in [-0.05, 0) is 47.1 Å². The van der Waals surface area contributed by atoms with Crippen LogP contribution in [0.15, 0.2) is 11.1 Å². The number of ether oxygens (including phenoxy) is 1. The first-order valence-electron chi connectivity index (χ1n) is 9.48. The molecule has 0 spiro atoms. The monoisotopic (exact) mass is 534 g/mol. The number of rotatable bonds is 8. The van der Waals surface area contributed by atoms with Crippen LogP contribution in [0, 0.1) is 20.8 Å². The molecule has 0 amide bonds. The summed E-state index contributed by atoms with van der Waals surface area (Å²) in [6.07, 6.45) is 0.931. The molecule has 0 fully saturated rings. The zero-order chi connectivity index (χ0) is 20.7. The summed E-state index contributed by atoms with van der Waals surface area (Å²) in [6.45, 7) is 11.7. The molecule has 0 aliphatic carbocycles. The first-order chi connectivity index (χ1) is 13.3. The number of aliphatic imine (C=N–C) groups is 1. The second-order valence-electron chi connectivity index (χ2n) is 6.56. The van der Waals surface area contributed by atoms with Crippen molar-refractivity contribution in [1.82, 2.24) is 25.4 Å². The smallest absolute Gasteiger partial charge is 0.350 e. The van der Waals surface area contributed by atoms with E-state index in [0.29, 0.717) is 23.1 Å². The van der Waals surface area contributed by atoms with Gasteiger partial charge in [-0.2, -0.15) is 5.10 Å². The highest BCUT2D eigenvalue weighted by molar-refractivity contribution is 14.0.